The van der Waals surface area contributed by atoms with E-state index in [1.807, 2.05) is 7.05 Å². The summed E-state index contributed by atoms with van der Waals surface area (Å²) in [6.07, 6.45) is 3.88. The molecule has 102 valence electrons. The highest BCUT2D eigenvalue weighted by Gasteiger charge is 2.29. The predicted molar refractivity (Wildman–Crippen MR) is 79.4 cm³/mol. The van der Waals surface area contributed by atoms with Crippen LogP contribution in [0.25, 0.3) is 0 Å². The second-order valence-electron chi connectivity index (χ2n) is 5.72. The summed E-state index contributed by atoms with van der Waals surface area (Å²) in [6.45, 7) is 9.20. The van der Waals surface area contributed by atoms with Crippen LogP contribution in [-0.4, -0.2) is 25.1 Å². The van der Waals surface area contributed by atoms with Crippen LogP contribution in [0, 0.1) is 5.41 Å². The van der Waals surface area contributed by atoms with Crippen LogP contribution in [0.15, 0.2) is 5.38 Å². The Bertz CT molecular complexity index is 380. The van der Waals surface area contributed by atoms with Crippen LogP contribution in [0.2, 0.25) is 0 Å². The maximum atomic E-state index is 4.76. The fraction of sp³-hybridized carbons (Fsp3) is 0.786. The Hall–Kier alpha value is -0.610. The molecule has 0 aromatic carbocycles. The topological polar surface area (TPSA) is 28.2 Å². The summed E-state index contributed by atoms with van der Waals surface area (Å²) in [4.78, 5) is 7.21. The molecule has 0 bridgehead atoms. The molecule has 0 spiro atoms. The second kappa shape index (κ2) is 5.57. The maximum absolute atomic E-state index is 4.76. The molecular weight excluding hydrogens is 242 g/mol. The smallest absolute Gasteiger partial charge is 0.185 e. The van der Waals surface area contributed by atoms with Crippen molar-refractivity contribution in [3.05, 3.63) is 11.1 Å². The van der Waals surface area contributed by atoms with Crippen molar-refractivity contribution < 1.29 is 0 Å². The molecule has 0 saturated carbocycles. The van der Waals surface area contributed by atoms with Gasteiger partial charge in [-0.15, -0.1) is 11.3 Å². The van der Waals surface area contributed by atoms with E-state index < -0.39 is 0 Å². The predicted octanol–water partition coefficient (Wildman–Crippen LogP) is 3.44. The number of thiazole rings is 1. The zero-order valence-electron chi connectivity index (χ0n) is 12.0. The molecule has 1 aliphatic heterocycles. The molecule has 1 saturated heterocycles. The third-order valence-corrected chi connectivity index (χ3v) is 5.40. The standard InChI is InChI=1S/C14H25N3S/c1-5-14(3)6-8-17(9-7-14)13-16-12(10-18-13)11(2)15-4/h10-11,15H,5-9H2,1-4H3. The fourth-order valence-corrected chi connectivity index (χ4v) is 3.33. The highest BCUT2D eigenvalue weighted by Crippen LogP contribution is 2.36. The van der Waals surface area contributed by atoms with Crippen molar-refractivity contribution in [2.24, 2.45) is 5.41 Å². The molecule has 4 heteroatoms. The molecule has 0 radical (unpaired) electrons. The lowest BCUT2D eigenvalue weighted by atomic mass is 9.78. The second-order valence-corrected chi connectivity index (χ2v) is 6.55. The molecule has 1 N–H and O–H groups in total. The Morgan fingerprint density at radius 3 is 2.72 bits per heavy atom. The molecule has 2 rings (SSSR count). The van der Waals surface area contributed by atoms with Gasteiger partial charge in [0, 0.05) is 24.5 Å². The summed E-state index contributed by atoms with van der Waals surface area (Å²) in [6, 6.07) is 0.348. The van der Waals surface area contributed by atoms with Gasteiger partial charge in [0.1, 0.15) is 0 Å². The van der Waals surface area contributed by atoms with Gasteiger partial charge in [0.05, 0.1) is 5.69 Å². The van der Waals surface area contributed by atoms with Crippen molar-refractivity contribution in [2.45, 2.75) is 46.1 Å². The van der Waals surface area contributed by atoms with Gasteiger partial charge in [-0.05, 0) is 32.2 Å². The first-order valence-electron chi connectivity index (χ1n) is 6.95. The highest BCUT2D eigenvalue weighted by molar-refractivity contribution is 7.13. The number of anilines is 1. The van der Waals surface area contributed by atoms with Crippen molar-refractivity contribution in [3.63, 3.8) is 0 Å². The average Bonchev–Trinajstić information content (AvgIpc) is 2.88. The first-order chi connectivity index (χ1) is 8.58. The van der Waals surface area contributed by atoms with Crippen molar-refractivity contribution in [2.75, 3.05) is 25.0 Å². The number of aromatic nitrogens is 1. The lowest BCUT2D eigenvalue weighted by Gasteiger charge is -2.38. The minimum Gasteiger partial charge on any atom is -0.348 e. The Morgan fingerprint density at radius 2 is 2.17 bits per heavy atom. The van der Waals surface area contributed by atoms with Gasteiger partial charge in [-0.3, -0.25) is 0 Å². The van der Waals surface area contributed by atoms with Gasteiger partial charge in [0.2, 0.25) is 0 Å². The van der Waals surface area contributed by atoms with E-state index in [0.717, 1.165) is 13.1 Å². The van der Waals surface area contributed by atoms with E-state index in [1.165, 1.54) is 30.1 Å². The molecule has 1 fully saturated rings. The van der Waals surface area contributed by atoms with E-state index in [2.05, 4.69) is 36.4 Å². The summed E-state index contributed by atoms with van der Waals surface area (Å²) < 4.78 is 0. The van der Waals surface area contributed by atoms with Crippen LogP contribution in [0.5, 0.6) is 0 Å². The van der Waals surface area contributed by atoms with Gasteiger partial charge in [-0.25, -0.2) is 4.98 Å². The van der Waals surface area contributed by atoms with E-state index in [-0.39, 0.29) is 0 Å². The van der Waals surface area contributed by atoms with Crippen molar-refractivity contribution >= 4 is 16.5 Å². The first kappa shape index (κ1) is 13.8. The Morgan fingerprint density at radius 1 is 1.50 bits per heavy atom. The van der Waals surface area contributed by atoms with Crippen molar-refractivity contribution in [1.29, 1.82) is 0 Å². The van der Waals surface area contributed by atoms with Crippen molar-refractivity contribution in [1.82, 2.24) is 10.3 Å². The fourth-order valence-electron chi connectivity index (χ4n) is 2.36. The first-order valence-corrected chi connectivity index (χ1v) is 7.83. The third-order valence-electron chi connectivity index (χ3n) is 4.48. The summed E-state index contributed by atoms with van der Waals surface area (Å²) in [5.74, 6) is 0. The van der Waals surface area contributed by atoms with E-state index >= 15 is 0 Å². The van der Waals surface area contributed by atoms with Crippen LogP contribution >= 0.6 is 11.3 Å². The van der Waals surface area contributed by atoms with Gasteiger partial charge >= 0.3 is 0 Å². The lowest BCUT2D eigenvalue weighted by Crippen LogP contribution is -2.38. The number of nitrogens with zero attached hydrogens (tertiary/aromatic N) is 2. The van der Waals surface area contributed by atoms with Crippen LogP contribution in [0.4, 0.5) is 5.13 Å². The van der Waals surface area contributed by atoms with Crippen LogP contribution < -0.4 is 10.2 Å². The Balaban J connectivity index is 1.99. The summed E-state index contributed by atoms with van der Waals surface area (Å²) in [5.41, 5.74) is 1.72. The number of hydrogen-bond donors (Lipinski definition) is 1. The Labute approximate surface area is 115 Å². The summed E-state index contributed by atoms with van der Waals surface area (Å²) >= 11 is 1.78. The minimum absolute atomic E-state index is 0.348. The van der Waals surface area contributed by atoms with Gasteiger partial charge < -0.3 is 10.2 Å². The van der Waals surface area contributed by atoms with Crippen LogP contribution in [0.1, 0.15) is 51.8 Å². The molecule has 1 atom stereocenters. The van der Waals surface area contributed by atoms with Gasteiger partial charge in [0.15, 0.2) is 5.13 Å². The largest absolute Gasteiger partial charge is 0.348 e. The molecule has 1 unspecified atom stereocenters. The highest BCUT2D eigenvalue weighted by atomic mass is 32.1. The molecule has 0 aliphatic carbocycles. The van der Waals surface area contributed by atoms with E-state index in [4.69, 9.17) is 4.98 Å². The van der Waals surface area contributed by atoms with E-state index in [0.29, 0.717) is 11.5 Å². The number of rotatable bonds is 4. The van der Waals surface area contributed by atoms with Gasteiger partial charge in [-0.1, -0.05) is 20.3 Å². The molecule has 1 aromatic rings. The quantitative estimate of drug-likeness (QED) is 0.906. The molecular formula is C14H25N3S. The van der Waals surface area contributed by atoms with E-state index in [9.17, 15) is 0 Å². The average molecular weight is 267 g/mol. The van der Waals surface area contributed by atoms with Gasteiger partial charge in [0.25, 0.3) is 0 Å². The Kier molecular flexibility index (Phi) is 4.28. The summed E-state index contributed by atoms with van der Waals surface area (Å²) in [5, 5.41) is 6.63. The number of nitrogens with one attached hydrogen (secondary N) is 1. The van der Waals surface area contributed by atoms with Crippen LogP contribution in [0.3, 0.4) is 0 Å². The molecule has 2 heterocycles. The zero-order valence-corrected chi connectivity index (χ0v) is 12.8. The maximum Gasteiger partial charge on any atom is 0.185 e. The zero-order chi connectivity index (χ0) is 13.2. The minimum atomic E-state index is 0.348. The molecule has 3 nitrogen and oxygen atoms in total. The monoisotopic (exact) mass is 267 g/mol. The molecule has 18 heavy (non-hydrogen) atoms. The summed E-state index contributed by atoms with van der Waals surface area (Å²) in [7, 11) is 1.98. The molecule has 1 aromatic heterocycles. The number of hydrogen-bond acceptors (Lipinski definition) is 4. The lowest BCUT2D eigenvalue weighted by molar-refractivity contribution is 0.238. The van der Waals surface area contributed by atoms with Crippen LogP contribution in [-0.2, 0) is 0 Å². The van der Waals surface area contributed by atoms with E-state index in [1.54, 1.807) is 11.3 Å². The molecule has 0 amide bonds. The normalized spacial score (nSPS) is 21.0. The number of piperidine rings is 1. The van der Waals surface area contributed by atoms with Gasteiger partial charge in [-0.2, -0.15) is 0 Å². The molecule has 1 aliphatic rings. The third kappa shape index (κ3) is 2.86. The SMILES string of the molecule is CCC1(C)CCN(c2nc(C(C)NC)cs2)CC1. The van der Waals surface area contributed by atoms with Crippen molar-refractivity contribution in [3.8, 4) is 0 Å².